The van der Waals surface area contributed by atoms with Crippen LogP contribution < -0.4 is 0 Å². The van der Waals surface area contributed by atoms with Crippen molar-refractivity contribution in [3.05, 3.63) is 34.9 Å². The first-order chi connectivity index (χ1) is 12.4. The van der Waals surface area contributed by atoms with Gasteiger partial charge in [-0.2, -0.15) is 0 Å². The number of nitrogens with zero attached hydrogens (tertiary/aromatic N) is 1. The van der Waals surface area contributed by atoms with Crippen molar-refractivity contribution in [1.82, 2.24) is 4.90 Å². The van der Waals surface area contributed by atoms with Crippen LogP contribution in [0, 0.1) is 5.41 Å². The van der Waals surface area contributed by atoms with Crippen molar-refractivity contribution in [2.75, 3.05) is 13.7 Å². The van der Waals surface area contributed by atoms with Crippen LogP contribution in [-0.4, -0.2) is 47.7 Å². The second kappa shape index (κ2) is 7.97. The van der Waals surface area contributed by atoms with E-state index in [2.05, 4.69) is 0 Å². The number of rotatable bonds is 6. The van der Waals surface area contributed by atoms with Crippen LogP contribution in [0.15, 0.2) is 24.3 Å². The van der Waals surface area contributed by atoms with E-state index in [0.29, 0.717) is 24.4 Å². The number of aliphatic carboxylic acids is 1. The number of amides is 1. The highest BCUT2D eigenvalue weighted by Crippen LogP contribution is 2.44. The first-order valence-electron chi connectivity index (χ1n) is 9.23. The van der Waals surface area contributed by atoms with Gasteiger partial charge in [0, 0.05) is 24.7 Å². The van der Waals surface area contributed by atoms with Gasteiger partial charge in [0.15, 0.2) is 0 Å². The molecule has 3 rings (SSSR count). The summed E-state index contributed by atoms with van der Waals surface area (Å²) in [5.41, 5.74) is 0.606. The third kappa shape index (κ3) is 4.04. The minimum atomic E-state index is -0.875. The van der Waals surface area contributed by atoms with Crippen LogP contribution in [0.4, 0.5) is 0 Å². The number of ether oxygens (including phenoxy) is 1. The van der Waals surface area contributed by atoms with Crippen molar-refractivity contribution in [2.45, 2.75) is 57.1 Å². The van der Waals surface area contributed by atoms with Gasteiger partial charge < -0.3 is 14.7 Å². The standard InChI is InChI=1S/C20H26ClNO4/c1-26-17-10-16(11-18(23)24)22(13-17)19(25)20(7-2-3-8-20)12-14-5-4-6-15(21)9-14/h4-6,9,16-17H,2-3,7-8,10-13H2,1H3,(H,23,24). The second-order valence-corrected chi connectivity index (χ2v) is 8.03. The van der Waals surface area contributed by atoms with Gasteiger partial charge in [-0.3, -0.25) is 9.59 Å². The summed E-state index contributed by atoms with van der Waals surface area (Å²) >= 11 is 6.12. The fourth-order valence-corrected chi connectivity index (χ4v) is 4.76. The van der Waals surface area contributed by atoms with E-state index in [4.69, 9.17) is 16.3 Å². The fraction of sp³-hybridized carbons (Fsp3) is 0.600. The molecule has 1 saturated carbocycles. The zero-order valence-corrected chi connectivity index (χ0v) is 15.9. The summed E-state index contributed by atoms with van der Waals surface area (Å²) in [5, 5.41) is 9.91. The molecule has 26 heavy (non-hydrogen) atoms. The highest BCUT2D eigenvalue weighted by atomic mass is 35.5. The molecule has 1 aromatic rings. The van der Waals surface area contributed by atoms with Crippen LogP contribution in [0.1, 0.15) is 44.1 Å². The molecular formula is C20H26ClNO4. The first kappa shape index (κ1) is 19.2. The molecule has 5 nitrogen and oxygen atoms in total. The molecule has 1 amide bonds. The Balaban J connectivity index is 1.84. The maximum atomic E-state index is 13.6. The molecule has 1 aromatic carbocycles. The van der Waals surface area contributed by atoms with Gasteiger partial charge in [0.1, 0.15) is 0 Å². The van der Waals surface area contributed by atoms with Crippen molar-refractivity contribution < 1.29 is 19.4 Å². The smallest absolute Gasteiger partial charge is 0.305 e. The lowest BCUT2D eigenvalue weighted by Crippen LogP contribution is -2.47. The lowest BCUT2D eigenvalue weighted by molar-refractivity contribution is -0.145. The molecule has 0 radical (unpaired) electrons. The maximum absolute atomic E-state index is 13.6. The molecule has 1 aliphatic carbocycles. The summed E-state index contributed by atoms with van der Waals surface area (Å²) in [6.07, 6.45) is 4.85. The normalized spacial score (nSPS) is 24.8. The number of carbonyl (C=O) groups excluding carboxylic acids is 1. The number of carboxylic acids is 1. The number of benzene rings is 1. The Morgan fingerprint density at radius 2 is 2.08 bits per heavy atom. The van der Waals surface area contributed by atoms with E-state index in [0.717, 1.165) is 31.2 Å². The van der Waals surface area contributed by atoms with E-state index >= 15 is 0 Å². The summed E-state index contributed by atoms with van der Waals surface area (Å²) in [7, 11) is 1.62. The van der Waals surface area contributed by atoms with E-state index in [-0.39, 0.29) is 24.5 Å². The first-order valence-corrected chi connectivity index (χ1v) is 9.61. The topological polar surface area (TPSA) is 66.8 Å². The Labute approximate surface area is 159 Å². The molecule has 1 saturated heterocycles. The largest absolute Gasteiger partial charge is 0.481 e. The lowest BCUT2D eigenvalue weighted by atomic mass is 9.78. The zero-order chi connectivity index (χ0) is 18.7. The maximum Gasteiger partial charge on any atom is 0.305 e. The van der Waals surface area contributed by atoms with Crippen molar-refractivity contribution in [1.29, 1.82) is 0 Å². The summed E-state index contributed by atoms with van der Waals surface area (Å²) in [6.45, 7) is 0.477. The van der Waals surface area contributed by atoms with Crippen molar-refractivity contribution in [2.24, 2.45) is 5.41 Å². The number of halogens is 1. The Hall–Kier alpha value is -1.59. The van der Waals surface area contributed by atoms with Gasteiger partial charge in [-0.1, -0.05) is 36.6 Å². The molecular weight excluding hydrogens is 354 g/mol. The molecule has 2 atom stereocenters. The number of methoxy groups -OCH3 is 1. The minimum Gasteiger partial charge on any atom is -0.481 e. The van der Waals surface area contributed by atoms with Crippen molar-refractivity contribution >= 4 is 23.5 Å². The number of hydrogen-bond donors (Lipinski definition) is 1. The summed E-state index contributed by atoms with van der Waals surface area (Å²) in [4.78, 5) is 26.6. The molecule has 0 bridgehead atoms. The zero-order valence-electron chi connectivity index (χ0n) is 15.1. The van der Waals surface area contributed by atoms with Gasteiger partial charge in [-0.25, -0.2) is 0 Å². The van der Waals surface area contributed by atoms with Gasteiger partial charge in [0.05, 0.1) is 17.9 Å². The third-order valence-electron chi connectivity index (χ3n) is 5.83. The van der Waals surface area contributed by atoms with E-state index in [1.165, 1.54) is 0 Å². The summed E-state index contributed by atoms with van der Waals surface area (Å²) < 4.78 is 5.43. The van der Waals surface area contributed by atoms with Gasteiger partial charge in [-0.05, 0) is 43.4 Å². The monoisotopic (exact) mass is 379 g/mol. The number of carboxylic acid groups (broad SMARTS) is 1. The average Bonchev–Trinajstić information content (AvgIpc) is 3.21. The van der Waals surface area contributed by atoms with Crippen molar-refractivity contribution in [3.63, 3.8) is 0 Å². The third-order valence-corrected chi connectivity index (χ3v) is 6.06. The highest BCUT2D eigenvalue weighted by molar-refractivity contribution is 6.30. The molecule has 1 heterocycles. The van der Waals surface area contributed by atoms with Crippen LogP contribution in [0.2, 0.25) is 5.02 Å². The lowest BCUT2D eigenvalue weighted by Gasteiger charge is -2.35. The van der Waals surface area contributed by atoms with E-state index in [1.807, 2.05) is 24.3 Å². The quantitative estimate of drug-likeness (QED) is 0.821. The number of likely N-dealkylation sites (tertiary alicyclic amines) is 1. The molecule has 142 valence electrons. The predicted octanol–water partition coefficient (Wildman–Crippen LogP) is 3.53. The Bertz CT molecular complexity index is 672. The van der Waals surface area contributed by atoms with Crippen LogP contribution >= 0.6 is 11.6 Å². The van der Waals surface area contributed by atoms with Crippen LogP contribution in [0.5, 0.6) is 0 Å². The van der Waals surface area contributed by atoms with E-state index in [9.17, 15) is 14.7 Å². The SMILES string of the molecule is COC1CC(CC(=O)O)N(C(=O)C2(Cc3cccc(Cl)c3)CCCC2)C1. The Morgan fingerprint density at radius 3 is 2.69 bits per heavy atom. The fourth-order valence-electron chi connectivity index (χ4n) is 4.55. The molecule has 1 aliphatic heterocycles. The summed E-state index contributed by atoms with van der Waals surface area (Å²) in [5.74, 6) is -0.791. The molecule has 2 aliphatic rings. The molecule has 1 N–H and O–H groups in total. The van der Waals surface area contributed by atoms with Gasteiger partial charge in [-0.15, -0.1) is 0 Å². The molecule has 0 aromatic heterocycles. The molecule has 2 fully saturated rings. The minimum absolute atomic E-state index is 0.0289. The van der Waals surface area contributed by atoms with Crippen LogP contribution in [0.3, 0.4) is 0 Å². The van der Waals surface area contributed by atoms with Crippen LogP contribution in [-0.2, 0) is 20.7 Å². The van der Waals surface area contributed by atoms with Crippen LogP contribution in [0.25, 0.3) is 0 Å². The van der Waals surface area contributed by atoms with Gasteiger partial charge >= 0.3 is 5.97 Å². The van der Waals surface area contributed by atoms with E-state index < -0.39 is 11.4 Å². The Morgan fingerprint density at radius 1 is 1.35 bits per heavy atom. The van der Waals surface area contributed by atoms with Gasteiger partial charge in [0.25, 0.3) is 0 Å². The summed E-state index contributed by atoms with van der Waals surface area (Å²) in [6, 6.07) is 7.39. The average molecular weight is 380 g/mol. The number of hydrogen-bond acceptors (Lipinski definition) is 3. The molecule has 0 spiro atoms. The Kier molecular flexibility index (Phi) is 5.88. The predicted molar refractivity (Wildman–Crippen MR) is 99.2 cm³/mol. The molecule has 6 heteroatoms. The second-order valence-electron chi connectivity index (χ2n) is 7.60. The van der Waals surface area contributed by atoms with Gasteiger partial charge in [0.2, 0.25) is 5.91 Å². The molecule has 2 unspecified atom stereocenters. The van der Waals surface area contributed by atoms with Crippen molar-refractivity contribution in [3.8, 4) is 0 Å². The van der Waals surface area contributed by atoms with E-state index in [1.54, 1.807) is 12.0 Å². The number of carbonyl (C=O) groups is 2. The highest BCUT2D eigenvalue weighted by Gasteiger charge is 2.47.